The zero-order valence-corrected chi connectivity index (χ0v) is 23.1. The lowest BCUT2D eigenvalue weighted by Crippen LogP contribution is -2.32. The monoisotopic (exact) mass is 515 g/mol. The van der Waals surface area contributed by atoms with Gasteiger partial charge in [0.05, 0.1) is 5.69 Å². The van der Waals surface area contributed by atoms with Crippen LogP contribution in [-0.4, -0.2) is 35.9 Å². The number of allylic oxidation sites excluding steroid dienone is 1. The van der Waals surface area contributed by atoms with Crippen LogP contribution in [0, 0.1) is 32.5 Å². The average molecular weight is 516 g/mol. The van der Waals surface area contributed by atoms with Crippen LogP contribution in [0.1, 0.15) is 83.8 Å². The summed E-state index contributed by atoms with van der Waals surface area (Å²) < 4.78 is 14.3. The minimum absolute atomic E-state index is 0.0650. The fourth-order valence-electron chi connectivity index (χ4n) is 5.29. The van der Waals surface area contributed by atoms with Crippen molar-refractivity contribution in [2.24, 2.45) is 5.92 Å². The molecule has 3 rings (SSSR count). The molecule has 0 aliphatic heterocycles. The number of amides is 1. The Kier molecular flexibility index (Phi) is 9.53. The van der Waals surface area contributed by atoms with Crippen LogP contribution < -0.4 is 10.9 Å². The normalized spacial score (nSPS) is 18.5. The van der Waals surface area contributed by atoms with Crippen molar-refractivity contribution in [2.75, 3.05) is 14.1 Å². The number of carbonyl (C=O) groups excluding carboxylic acids is 1. The van der Waals surface area contributed by atoms with Gasteiger partial charge in [0, 0.05) is 28.7 Å². The van der Waals surface area contributed by atoms with Crippen LogP contribution in [0.3, 0.4) is 0 Å². The van der Waals surface area contributed by atoms with Gasteiger partial charge in [-0.15, -0.1) is 0 Å². The smallest absolute Gasteiger partial charge is 0.253 e. The minimum Gasteiger partial charge on any atom is -0.348 e. The number of aromatic amines is 1. The van der Waals surface area contributed by atoms with Crippen molar-refractivity contribution in [3.63, 3.8) is 0 Å². The lowest BCUT2D eigenvalue weighted by Gasteiger charge is -2.34. The number of hydrogen-bond acceptors (Lipinski definition) is 3. The molecule has 5 nitrogen and oxygen atoms in total. The molecule has 1 heterocycles. The highest BCUT2D eigenvalue weighted by molar-refractivity contribution is 6.31. The first-order valence-corrected chi connectivity index (χ1v) is 13.2. The lowest BCUT2D eigenvalue weighted by atomic mass is 9.79. The zero-order chi connectivity index (χ0) is 26.6. The van der Waals surface area contributed by atoms with Gasteiger partial charge in [0.15, 0.2) is 0 Å². The SMILES string of the molecule is CCC/C(=C/c1cc(Cl)cc(C(=O)NCc2c(C)c(F)c(C)[nH]c2=O)c1C)[C@H]1CC[C@H](N(C)C)CC1. The number of carbonyl (C=O) groups is 1. The van der Waals surface area contributed by atoms with Crippen molar-refractivity contribution < 1.29 is 9.18 Å². The third kappa shape index (κ3) is 6.46. The number of rotatable bonds is 8. The van der Waals surface area contributed by atoms with Crippen LogP contribution in [0.5, 0.6) is 0 Å². The highest BCUT2D eigenvalue weighted by Gasteiger charge is 2.25. The molecule has 36 heavy (non-hydrogen) atoms. The Morgan fingerprint density at radius 3 is 2.44 bits per heavy atom. The molecule has 1 amide bonds. The highest BCUT2D eigenvalue weighted by Crippen LogP contribution is 2.35. The molecule has 1 aliphatic carbocycles. The molecular formula is C29H39ClFN3O2. The van der Waals surface area contributed by atoms with Crippen molar-refractivity contribution in [1.82, 2.24) is 15.2 Å². The molecule has 0 unspecified atom stereocenters. The van der Waals surface area contributed by atoms with Crippen molar-refractivity contribution >= 4 is 23.6 Å². The average Bonchev–Trinajstić information content (AvgIpc) is 2.84. The number of H-pyrrole nitrogens is 1. The molecule has 1 saturated carbocycles. The fourth-order valence-corrected chi connectivity index (χ4v) is 5.52. The van der Waals surface area contributed by atoms with E-state index >= 15 is 0 Å². The van der Waals surface area contributed by atoms with Crippen LogP contribution in [0.4, 0.5) is 4.39 Å². The number of benzene rings is 1. The standard InChI is InChI=1S/C29H39ClFN3O2/c1-7-8-21(20-9-11-24(12-10-20)34(5)6)13-22-14-23(30)15-25(17(22)2)28(35)32-16-26-18(3)27(31)19(4)33-29(26)36/h13-15,20,24H,7-12,16H2,1-6H3,(H,32,35)(H,33,36)/b21-13-/t20-,24-. The van der Waals surface area contributed by atoms with Gasteiger partial charge in [-0.25, -0.2) is 4.39 Å². The molecule has 2 N–H and O–H groups in total. The maximum absolute atomic E-state index is 14.3. The van der Waals surface area contributed by atoms with Crippen LogP contribution in [-0.2, 0) is 6.54 Å². The molecule has 196 valence electrons. The van der Waals surface area contributed by atoms with E-state index in [1.165, 1.54) is 38.2 Å². The van der Waals surface area contributed by atoms with Crippen molar-refractivity contribution in [1.29, 1.82) is 0 Å². The highest BCUT2D eigenvalue weighted by atomic mass is 35.5. The number of aryl methyl sites for hydroxylation is 1. The molecule has 1 fully saturated rings. The predicted octanol–water partition coefficient (Wildman–Crippen LogP) is 6.33. The summed E-state index contributed by atoms with van der Waals surface area (Å²) in [7, 11) is 4.31. The second kappa shape index (κ2) is 12.2. The quantitative estimate of drug-likeness (QED) is 0.432. The van der Waals surface area contributed by atoms with Gasteiger partial charge in [-0.1, -0.05) is 36.6 Å². The summed E-state index contributed by atoms with van der Waals surface area (Å²) in [4.78, 5) is 30.3. The lowest BCUT2D eigenvalue weighted by molar-refractivity contribution is 0.0950. The van der Waals surface area contributed by atoms with Gasteiger partial charge in [0.25, 0.3) is 11.5 Å². The Morgan fingerprint density at radius 2 is 1.83 bits per heavy atom. The van der Waals surface area contributed by atoms with Gasteiger partial charge in [0.2, 0.25) is 0 Å². The molecule has 1 aromatic carbocycles. The van der Waals surface area contributed by atoms with Gasteiger partial charge in [-0.05, 0) is 102 Å². The molecule has 2 aromatic rings. The van der Waals surface area contributed by atoms with Crippen molar-refractivity contribution in [2.45, 2.75) is 78.8 Å². The van der Waals surface area contributed by atoms with Gasteiger partial charge >= 0.3 is 0 Å². The Hall–Kier alpha value is -2.44. The Bertz CT molecular complexity index is 1190. The van der Waals surface area contributed by atoms with Crippen molar-refractivity contribution in [3.05, 3.63) is 72.4 Å². The van der Waals surface area contributed by atoms with E-state index < -0.39 is 11.4 Å². The first kappa shape index (κ1) is 28.1. The molecular weight excluding hydrogens is 477 g/mol. The van der Waals surface area contributed by atoms with E-state index in [-0.39, 0.29) is 29.3 Å². The number of nitrogens with zero attached hydrogens (tertiary/aromatic N) is 1. The van der Waals surface area contributed by atoms with Crippen LogP contribution in [0.2, 0.25) is 5.02 Å². The second-order valence-electron chi connectivity index (χ2n) is 10.3. The first-order chi connectivity index (χ1) is 17.0. The minimum atomic E-state index is -0.465. The van der Waals surface area contributed by atoms with E-state index in [0.29, 0.717) is 22.5 Å². The number of halogens is 2. The third-order valence-electron chi connectivity index (χ3n) is 7.60. The van der Waals surface area contributed by atoms with Gasteiger partial charge in [0.1, 0.15) is 5.82 Å². The second-order valence-corrected chi connectivity index (χ2v) is 10.7. The van der Waals surface area contributed by atoms with E-state index in [1.807, 2.05) is 13.0 Å². The van der Waals surface area contributed by atoms with E-state index in [4.69, 9.17) is 11.6 Å². The Labute approximate surface area is 219 Å². The molecule has 0 bridgehead atoms. The summed E-state index contributed by atoms with van der Waals surface area (Å²) in [6.07, 6.45) is 9.04. The largest absolute Gasteiger partial charge is 0.348 e. The maximum atomic E-state index is 14.3. The summed E-state index contributed by atoms with van der Waals surface area (Å²) in [5.41, 5.74) is 3.92. The molecule has 1 aliphatic rings. The zero-order valence-electron chi connectivity index (χ0n) is 22.4. The molecule has 0 spiro atoms. The molecule has 0 atom stereocenters. The van der Waals surface area contributed by atoms with Gasteiger partial charge in [-0.2, -0.15) is 0 Å². The molecule has 0 saturated heterocycles. The van der Waals surface area contributed by atoms with E-state index in [2.05, 4.69) is 42.3 Å². The van der Waals surface area contributed by atoms with E-state index in [1.54, 1.807) is 13.0 Å². The van der Waals surface area contributed by atoms with Crippen LogP contribution >= 0.6 is 11.6 Å². The molecule has 7 heteroatoms. The summed E-state index contributed by atoms with van der Waals surface area (Å²) in [6.45, 7) is 7.11. The summed E-state index contributed by atoms with van der Waals surface area (Å²) >= 11 is 6.45. The summed E-state index contributed by atoms with van der Waals surface area (Å²) in [5, 5.41) is 3.27. The Morgan fingerprint density at radius 1 is 1.17 bits per heavy atom. The topological polar surface area (TPSA) is 65.2 Å². The fraction of sp³-hybridized carbons (Fsp3) is 0.517. The third-order valence-corrected chi connectivity index (χ3v) is 7.82. The van der Waals surface area contributed by atoms with E-state index in [9.17, 15) is 14.0 Å². The van der Waals surface area contributed by atoms with Crippen molar-refractivity contribution in [3.8, 4) is 0 Å². The van der Waals surface area contributed by atoms with E-state index in [0.717, 1.165) is 24.0 Å². The van der Waals surface area contributed by atoms with Gasteiger partial charge < -0.3 is 15.2 Å². The number of pyridine rings is 1. The first-order valence-electron chi connectivity index (χ1n) is 12.9. The number of aromatic nitrogens is 1. The number of nitrogens with one attached hydrogen (secondary N) is 2. The summed E-state index contributed by atoms with van der Waals surface area (Å²) in [5.74, 6) is -0.260. The van der Waals surface area contributed by atoms with Crippen LogP contribution in [0.15, 0.2) is 22.5 Å². The van der Waals surface area contributed by atoms with Gasteiger partial charge in [-0.3, -0.25) is 9.59 Å². The molecule has 1 aromatic heterocycles. The van der Waals surface area contributed by atoms with Crippen LogP contribution in [0.25, 0.3) is 6.08 Å². The summed E-state index contributed by atoms with van der Waals surface area (Å²) in [6, 6.07) is 4.21. The molecule has 0 radical (unpaired) electrons. The maximum Gasteiger partial charge on any atom is 0.253 e. The predicted molar refractivity (Wildman–Crippen MR) is 146 cm³/mol. The Balaban J connectivity index is 1.85. The number of hydrogen-bond donors (Lipinski definition) is 2.